The Hall–Kier alpha value is -3.22. The van der Waals surface area contributed by atoms with E-state index < -0.39 is 0 Å². The van der Waals surface area contributed by atoms with Crippen molar-refractivity contribution in [3.05, 3.63) is 53.6 Å². The lowest BCUT2D eigenvalue weighted by atomic mass is 10.2. The fourth-order valence-corrected chi connectivity index (χ4v) is 3.30. The Kier molecular flexibility index (Phi) is 6.59. The molecule has 7 nitrogen and oxygen atoms in total. The maximum Gasteiger partial charge on any atom is 0.338 e. The van der Waals surface area contributed by atoms with Gasteiger partial charge in [0.05, 0.1) is 25.0 Å². The number of rotatable bonds is 5. The second-order valence-corrected chi connectivity index (χ2v) is 6.88. The van der Waals surface area contributed by atoms with E-state index in [4.69, 9.17) is 9.47 Å². The van der Waals surface area contributed by atoms with Crippen molar-refractivity contribution < 1.29 is 19.1 Å². The molecule has 1 N–H and O–H groups in total. The second-order valence-electron chi connectivity index (χ2n) is 6.88. The second kappa shape index (κ2) is 9.32. The molecule has 0 unspecified atom stereocenters. The van der Waals surface area contributed by atoms with Gasteiger partial charge >= 0.3 is 12.0 Å². The number of urea groups is 1. The van der Waals surface area contributed by atoms with Crippen LogP contribution in [0.5, 0.6) is 5.75 Å². The van der Waals surface area contributed by atoms with Crippen LogP contribution in [0, 0.1) is 6.92 Å². The number of nitrogens with zero attached hydrogens (tertiary/aromatic N) is 2. The predicted molar refractivity (Wildman–Crippen MR) is 113 cm³/mol. The molecule has 0 aliphatic carbocycles. The molecule has 0 atom stereocenters. The lowest BCUT2D eigenvalue weighted by Crippen LogP contribution is -2.50. The van der Waals surface area contributed by atoms with Gasteiger partial charge in [-0.25, -0.2) is 9.59 Å². The molecule has 2 aromatic rings. The average Bonchev–Trinajstić information content (AvgIpc) is 2.74. The summed E-state index contributed by atoms with van der Waals surface area (Å²) in [7, 11) is 1.59. The van der Waals surface area contributed by atoms with Crippen LogP contribution in [0.25, 0.3) is 0 Å². The molecule has 0 bridgehead atoms. The first-order valence-corrected chi connectivity index (χ1v) is 9.74. The first-order valence-electron chi connectivity index (χ1n) is 9.74. The maximum absolute atomic E-state index is 12.7. The monoisotopic (exact) mass is 397 g/mol. The molecule has 29 heavy (non-hydrogen) atoms. The number of esters is 1. The Balaban J connectivity index is 1.57. The predicted octanol–water partition coefficient (Wildman–Crippen LogP) is 3.53. The van der Waals surface area contributed by atoms with Crippen LogP contribution in [-0.4, -0.2) is 56.8 Å². The normalized spacial score (nSPS) is 13.8. The minimum atomic E-state index is -0.313. The molecule has 1 fully saturated rings. The smallest absolute Gasteiger partial charge is 0.338 e. The number of methoxy groups -OCH3 is 1. The molecule has 0 aromatic heterocycles. The van der Waals surface area contributed by atoms with Crippen LogP contribution >= 0.6 is 0 Å². The van der Waals surface area contributed by atoms with E-state index in [1.807, 2.05) is 37.3 Å². The van der Waals surface area contributed by atoms with E-state index in [0.29, 0.717) is 36.7 Å². The number of piperazine rings is 1. The Labute approximate surface area is 171 Å². The molecule has 1 saturated heterocycles. The van der Waals surface area contributed by atoms with E-state index >= 15 is 0 Å². The van der Waals surface area contributed by atoms with Gasteiger partial charge < -0.3 is 24.6 Å². The first kappa shape index (κ1) is 20.5. The van der Waals surface area contributed by atoms with Gasteiger partial charge in [0.25, 0.3) is 0 Å². The topological polar surface area (TPSA) is 71.1 Å². The van der Waals surface area contributed by atoms with Crippen molar-refractivity contribution in [2.24, 2.45) is 0 Å². The SMILES string of the molecule is CCOC(=O)c1ccc(N2CCN(C(=O)Nc3cc(C)ccc3OC)CC2)cc1. The van der Waals surface area contributed by atoms with Gasteiger partial charge in [-0.2, -0.15) is 0 Å². The number of nitrogens with one attached hydrogen (secondary N) is 1. The number of carbonyl (C=O) groups excluding carboxylic acids is 2. The minimum Gasteiger partial charge on any atom is -0.495 e. The molecule has 1 aliphatic rings. The Morgan fingerprint density at radius 2 is 1.72 bits per heavy atom. The summed E-state index contributed by atoms with van der Waals surface area (Å²) in [6.07, 6.45) is 0. The molecule has 0 radical (unpaired) electrons. The summed E-state index contributed by atoms with van der Waals surface area (Å²) in [5.41, 5.74) is 3.30. The van der Waals surface area contributed by atoms with Gasteiger partial charge in [0.15, 0.2) is 0 Å². The summed E-state index contributed by atoms with van der Waals surface area (Å²) in [6.45, 7) is 6.78. The summed E-state index contributed by atoms with van der Waals surface area (Å²) in [6, 6.07) is 12.9. The molecule has 2 amide bonds. The third-order valence-electron chi connectivity index (χ3n) is 4.91. The molecule has 0 saturated carbocycles. The third kappa shape index (κ3) is 4.99. The quantitative estimate of drug-likeness (QED) is 0.782. The van der Waals surface area contributed by atoms with Crippen molar-refractivity contribution in [2.75, 3.05) is 50.1 Å². The van der Waals surface area contributed by atoms with Crippen molar-refractivity contribution in [3.8, 4) is 5.75 Å². The molecular weight excluding hydrogens is 370 g/mol. The lowest BCUT2D eigenvalue weighted by molar-refractivity contribution is 0.0526. The molecule has 2 aromatic carbocycles. The van der Waals surface area contributed by atoms with Gasteiger partial charge in [0, 0.05) is 31.9 Å². The fraction of sp³-hybridized carbons (Fsp3) is 0.364. The largest absolute Gasteiger partial charge is 0.495 e. The third-order valence-corrected chi connectivity index (χ3v) is 4.91. The minimum absolute atomic E-state index is 0.133. The summed E-state index contributed by atoms with van der Waals surface area (Å²) >= 11 is 0. The number of aryl methyl sites for hydroxylation is 1. The highest BCUT2D eigenvalue weighted by molar-refractivity contribution is 5.91. The molecular formula is C22H27N3O4. The lowest BCUT2D eigenvalue weighted by Gasteiger charge is -2.36. The van der Waals surface area contributed by atoms with Crippen molar-refractivity contribution in [1.29, 1.82) is 0 Å². The van der Waals surface area contributed by atoms with E-state index in [0.717, 1.165) is 24.3 Å². The first-order chi connectivity index (χ1) is 14.0. The number of hydrogen-bond donors (Lipinski definition) is 1. The molecule has 1 heterocycles. The van der Waals surface area contributed by atoms with Crippen LogP contribution in [0.2, 0.25) is 0 Å². The highest BCUT2D eigenvalue weighted by Crippen LogP contribution is 2.26. The number of amides is 2. The average molecular weight is 397 g/mol. The molecule has 0 spiro atoms. The highest BCUT2D eigenvalue weighted by atomic mass is 16.5. The van der Waals surface area contributed by atoms with Crippen LogP contribution in [0.15, 0.2) is 42.5 Å². The Morgan fingerprint density at radius 1 is 1.03 bits per heavy atom. The number of anilines is 2. The van der Waals surface area contributed by atoms with Gasteiger partial charge in [0.2, 0.25) is 0 Å². The molecule has 1 aliphatic heterocycles. The summed E-state index contributed by atoms with van der Waals surface area (Å²) < 4.78 is 10.3. The van der Waals surface area contributed by atoms with E-state index in [1.54, 1.807) is 31.1 Å². The van der Waals surface area contributed by atoms with Gasteiger partial charge in [-0.05, 0) is 55.8 Å². The molecule has 7 heteroatoms. The molecule has 3 rings (SSSR count). The van der Waals surface area contributed by atoms with E-state index in [2.05, 4.69) is 10.2 Å². The van der Waals surface area contributed by atoms with Crippen LogP contribution in [0.3, 0.4) is 0 Å². The molecule has 154 valence electrons. The van der Waals surface area contributed by atoms with Gasteiger partial charge in [-0.15, -0.1) is 0 Å². The van der Waals surface area contributed by atoms with Gasteiger partial charge in [-0.1, -0.05) is 6.07 Å². The van der Waals surface area contributed by atoms with Crippen molar-refractivity contribution in [3.63, 3.8) is 0 Å². The van der Waals surface area contributed by atoms with Crippen LogP contribution in [-0.2, 0) is 4.74 Å². The van der Waals surface area contributed by atoms with Crippen LogP contribution in [0.4, 0.5) is 16.2 Å². The summed E-state index contributed by atoms with van der Waals surface area (Å²) in [5, 5.41) is 2.95. The van der Waals surface area contributed by atoms with Gasteiger partial charge in [-0.3, -0.25) is 0 Å². The number of benzene rings is 2. The Morgan fingerprint density at radius 3 is 2.34 bits per heavy atom. The highest BCUT2D eigenvalue weighted by Gasteiger charge is 2.22. The summed E-state index contributed by atoms with van der Waals surface area (Å²) in [4.78, 5) is 28.4. The zero-order valence-electron chi connectivity index (χ0n) is 17.1. The van der Waals surface area contributed by atoms with Crippen molar-refractivity contribution in [1.82, 2.24) is 4.90 Å². The van der Waals surface area contributed by atoms with Crippen LogP contribution in [0.1, 0.15) is 22.8 Å². The Bertz CT molecular complexity index is 859. The van der Waals surface area contributed by atoms with E-state index in [9.17, 15) is 9.59 Å². The number of ether oxygens (including phenoxy) is 2. The van der Waals surface area contributed by atoms with Crippen molar-refractivity contribution in [2.45, 2.75) is 13.8 Å². The van der Waals surface area contributed by atoms with Crippen molar-refractivity contribution >= 4 is 23.4 Å². The fourth-order valence-electron chi connectivity index (χ4n) is 3.30. The number of carbonyl (C=O) groups is 2. The summed E-state index contributed by atoms with van der Waals surface area (Å²) in [5.74, 6) is 0.330. The van der Waals surface area contributed by atoms with Gasteiger partial charge in [0.1, 0.15) is 5.75 Å². The van der Waals surface area contributed by atoms with Crippen LogP contribution < -0.4 is 15.0 Å². The van der Waals surface area contributed by atoms with E-state index in [-0.39, 0.29) is 12.0 Å². The maximum atomic E-state index is 12.7. The zero-order chi connectivity index (χ0) is 20.8. The van der Waals surface area contributed by atoms with E-state index in [1.165, 1.54) is 0 Å². The zero-order valence-corrected chi connectivity index (χ0v) is 17.1. The standard InChI is InChI=1S/C22H27N3O4/c1-4-29-21(26)17-6-8-18(9-7-17)24-11-13-25(14-12-24)22(27)23-19-15-16(2)5-10-20(19)28-3/h5-10,15H,4,11-14H2,1-3H3,(H,23,27). The number of hydrogen-bond acceptors (Lipinski definition) is 5.